The minimum atomic E-state index is -0.170. The molecular formula is C22H24N4O2S. The predicted octanol–water partition coefficient (Wildman–Crippen LogP) is 3.20. The number of pyridine rings is 2. The molecule has 0 spiro atoms. The number of carbonyl (C=O) groups excluding carboxylic acids is 1. The maximum absolute atomic E-state index is 12.0. The molecule has 0 saturated carbocycles. The maximum atomic E-state index is 12.0. The van der Waals surface area contributed by atoms with E-state index in [0.717, 1.165) is 53.8 Å². The molecule has 1 amide bonds. The first-order valence-electron chi connectivity index (χ1n) is 9.82. The molecule has 4 heterocycles. The highest BCUT2D eigenvalue weighted by atomic mass is 32.1. The third-order valence-electron chi connectivity index (χ3n) is 5.30. The van der Waals surface area contributed by atoms with Crippen molar-refractivity contribution in [2.24, 2.45) is 0 Å². The van der Waals surface area contributed by atoms with E-state index in [-0.39, 0.29) is 11.5 Å². The van der Waals surface area contributed by atoms with E-state index in [9.17, 15) is 9.59 Å². The van der Waals surface area contributed by atoms with Crippen LogP contribution >= 0.6 is 11.3 Å². The molecule has 0 aliphatic carbocycles. The Kier molecular flexibility index (Phi) is 5.60. The summed E-state index contributed by atoms with van der Waals surface area (Å²) in [4.78, 5) is 34.6. The van der Waals surface area contributed by atoms with Crippen LogP contribution in [0.2, 0.25) is 0 Å². The molecule has 0 unspecified atom stereocenters. The molecule has 0 saturated heterocycles. The normalized spacial score (nSPS) is 14.8. The second-order valence-corrected chi connectivity index (χ2v) is 8.36. The summed E-state index contributed by atoms with van der Waals surface area (Å²) in [6.45, 7) is 4.72. The molecule has 0 fully saturated rings. The SMILES string of the molecule is CCc1cc2sc(CN3CC=C(c4ccc(C(=O)NC)nc4)CC3)cc2[nH]c1=O. The molecule has 3 aromatic rings. The zero-order valence-corrected chi connectivity index (χ0v) is 17.4. The van der Waals surface area contributed by atoms with E-state index in [1.54, 1.807) is 30.6 Å². The number of hydrogen-bond donors (Lipinski definition) is 2. The van der Waals surface area contributed by atoms with Crippen LogP contribution in [0.5, 0.6) is 0 Å². The Morgan fingerprint density at radius 3 is 2.86 bits per heavy atom. The first kappa shape index (κ1) is 19.5. The lowest BCUT2D eigenvalue weighted by atomic mass is 10.0. The Morgan fingerprint density at radius 1 is 1.34 bits per heavy atom. The molecule has 1 aliphatic rings. The van der Waals surface area contributed by atoms with Crippen LogP contribution in [0.3, 0.4) is 0 Å². The van der Waals surface area contributed by atoms with Gasteiger partial charge in [0.2, 0.25) is 0 Å². The van der Waals surface area contributed by atoms with Gasteiger partial charge >= 0.3 is 0 Å². The van der Waals surface area contributed by atoms with Crippen molar-refractivity contribution in [1.29, 1.82) is 0 Å². The topological polar surface area (TPSA) is 78.1 Å². The van der Waals surface area contributed by atoms with Gasteiger partial charge in [0.1, 0.15) is 5.69 Å². The lowest BCUT2D eigenvalue weighted by Gasteiger charge is -2.25. The number of aromatic amines is 1. The van der Waals surface area contributed by atoms with Crippen LogP contribution in [0.15, 0.2) is 41.3 Å². The van der Waals surface area contributed by atoms with E-state index >= 15 is 0 Å². The quantitative estimate of drug-likeness (QED) is 0.680. The van der Waals surface area contributed by atoms with Crippen molar-refractivity contribution in [3.63, 3.8) is 0 Å². The maximum Gasteiger partial charge on any atom is 0.269 e. The standard InChI is InChI=1S/C22H24N4O2S/c1-3-14-10-20-19(25-21(14)27)11-17(29-20)13-26-8-6-15(7-9-26)16-4-5-18(24-12-16)22(28)23-2/h4-6,10-12H,3,7-9,13H2,1-2H3,(H,23,28)(H,25,27). The molecule has 7 heteroatoms. The van der Waals surface area contributed by atoms with Crippen LogP contribution in [-0.2, 0) is 13.0 Å². The number of carbonyl (C=O) groups is 1. The smallest absolute Gasteiger partial charge is 0.269 e. The van der Waals surface area contributed by atoms with Crippen molar-refractivity contribution < 1.29 is 4.79 Å². The average molecular weight is 409 g/mol. The largest absolute Gasteiger partial charge is 0.354 e. The van der Waals surface area contributed by atoms with Gasteiger partial charge in [0, 0.05) is 43.3 Å². The second-order valence-electron chi connectivity index (χ2n) is 7.19. The lowest BCUT2D eigenvalue weighted by Crippen LogP contribution is -2.27. The van der Waals surface area contributed by atoms with Crippen LogP contribution in [0, 0.1) is 0 Å². The summed E-state index contributed by atoms with van der Waals surface area (Å²) >= 11 is 1.75. The molecule has 3 aromatic heterocycles. The first-order valence-corrected chi connectivity index (χ1v) is 10.6. The second kappa shape index (κ2) is 8.31. The molecule has 29 heavy (non-hydrogen) atoms. The van der Waals surface area contributed by atoms with Crippen molar-refractivity contribution >= 4 is 33.0 Å². The minimum absolute atomic E-state index is 0.0194. The molecule has 1 aliphatic heterocycles. The van der Waals surface area contributed by atoms with E-state index in [1.807, 2.05) is 19.1 Å². The van der Waals surface area contributed by atoms with Crippen LogP contribution in [0.25, 0.3) is 15.8 Å². The summed E-state index contributed by atoms with van der Waals surface area (Å²) in [6, 6.07) is 7.85. The summed E-state index contributed by atoms with van der Waals surface area (Å²) in [5.74, 6) is -0.170. The molecule has 2 N–H and O–H groups in total. The number of aromatic nitrogens is 2. The van der Waals surface area contributed by atoms with Crippen LogP contribution in [0.1, 0.15) is 39.8 Å². The van der Waals surface area contributed by atoms with Gasteiger partial charge in [-0.25, -0.2) is 0 Å². The van der Waals surface area contributed by atoms with Gasteiger partial charge < -0.3 is 10.3 Å². The molecular weight excluding hydrogens is 384 g/mol. The molecule has 0 aromatic carbocycles. The number of amides is 1. The monoisotopic (exact) mass is 408 g/mol. The molecule has 0 bridgehead atoms. The highest BCUT2D eigenvalue weighted by Gasteiger charge is 2.16. The van der Waals surface area contributed by atoms with Gasteiger partial charge in [-0.3, -0.25) is 19.5 Å². The highest BCUT2D eigenvalue weighted by molar-refractivity contribution is 7.19. The Morgan fingerprint density at radius 2 is 2.21 bits per heavy atom. The number of thiophene rings is 1. The zero-order chi connectivity index (χ0) is 20.4. The Bertz CT molecular complexity index is 1130. The van der Waals surface area contributed by atoms with Gasteiger partial charge in [-0.15, -0.1) is 11.3 Å². The van der Waals surface area contributed by atoms with Gasteiger partial charge in [-0.05, 0) is 42.2 Å². The number of nitrogens with zero attached hydrogens (tertiary/aromatic N) is 2. The minimum Gasteiger partial charge on any atom is -0.354 e. The number of H-pyrrole nitrogens is 1. The predicted molar refractivity (Wildman–Crippen MR) is 117 cm³/mol. The number of hydrogen-bond acceptors (Lipinski definition) is 5. The summed E-state index contributed by atoms with van der Waals surface area (Å²) in [5.41, 5.74) is 4.57. The molecule has 0 atom stereocenters. The van der Waals surface area contributed by atoms with Crippen molar-refractivity contribution in [1.82, 2.24) is 20.2 Å². The van der Waals surface area contributed by atoms with E-state index in [4.69, 9.17) is 0 Å². The van der Waals surface area contributed by atoms with Crippen molar-refractivity contribution in [2.45, 2.75) is 26.3 Å². The van der Waals surface area contributed by atoms with Crippen LogP contribution < -0.4 is 10.9 Å². The summed E-state index contributed by atoms with van der Waals surface area (Å²) in [5, 5.41) is 2.59. The Balaban J connectivity index is 1.44. The summed E-state index contributed by atoms with van der Waals surface area (Å²) in [7, 11) is 1.60. The van der Waals surface area contributed by atoms with E-state index in [1.165, 1.54) is 10.5 Å². The first-order chi connectivity index (χ1) is 14.1. The molecule has 4 rings (SSSR count). The molecule has 150 valence electrons. The van der Waals surface area contributed by atoms with Crippen molar-refractivity contribution in [2.75, 3.05) is 20.1 Å². The van der Waals surface area contributed by atoms with Gasteiger partial charge in [-0.2, -0.15) is 0 Å². The van der Waals surface area contributed by atoms with Gasteiger partial charge in [0.25, 0.3) is 11.5 Å². The molecule has 0 radical (unpaired) electrons. The fourth-order valence-corrected chi connectivity index (χ4v) is 4.74. The van der Waals surface area contributed by atoms with Crippen LogP contribution in [-0.4, -0.2) is 40.9 Å². The fourth-order valence-electron chi connectivity index (χ4n) is 3.61. The van der Waals surface area contributed by atoms with E-state index in [2.05, 4.69) is 32.3 Å². The lowest BCUT2D eigenvalue weighted by molar-refractivity contribution is 0.0958. The third kappa shape index (κ3) is 4.16. The fraction of sp³-hybridized carbons (Fsp3) is 0.318. The van der Waals surface area contributed by atoms with Crippen molar-refractivity contribution in [3.8, 4) is 0 Å². The number of nitrogens with one attached hydrogen (secondary N) is 2. The number of fused-ring (bicyclic) bond motifs is 1. The zero-order valence-electron chi connectivity index (χ0n) is 16.6. The highest BCUT2D eigenvalue weighted by Crippen LogP contribution is 2.27. The Labute approximate surface area is 173 Å². The Hall–Kier alpha value is -2.77. The van der Waals surface area contributed by atoms with Gasteiger partial charge in [-0.1, -0.05) is 19.1 Å². The number of rotatable bonds is 5. The third-order valence-corrected chi connectivity index (χ3v) is 6.37. The van der Waals surface area contributed by atoms with Gasteiger partial charge in [0.05, 0.1) is 10.2 Å². The van der Waals surface area contributed by atoms with E-state index < -0.39 is 0 Å². The van der Waals surface area contributed by atoms with Crippen molar-refractivity contribution in [3.05, 3.63) is 68.6 Å². The van der Waals surface area contributed by atoms with Gasteiger partial charge in [0.15, 0.2) is 0 Å². The summed E-state index contributed by atoms with van der Waals surface area (Å²) < 4.78 is 1.15. The summed E-state index contributed by atoms with van der Waals surface area (Å²) in [6.07, 6.45) is 5.71. The average Bonchev–Trinajstić information content (AvgIpc) is 3.14. The number of aryl methyl sites for hydroxylation is 1. The van der Waals surface area contributed by atoms with Crippen LogP contribution in [0.4, 0.5) is 0 Å². The van der Waals surface area contributed by atoms with E-state index in [0.29, 0.717) is 5.69 Å². The molecule has 6 nitrogen and oxygen atoms in total.